The Morgan fingerprint density at radius 3 is 2.57 bits per heavy atom. The second kappa shape index (κ2) is 8.09. The molecule has 28 heavy (non-hydrogen) atoms. The van der Waals surface area contributed by atoms with E-state index in [0.717, 1.165) is 76.9 Å². The molecule has 3 aliphatic rings. The number of carbonyl (C=O) groups is 1. The van der Waals surface area contributed by atoms with E-state index in [9.17, 15) is 14.3 Å². The van der Waals surface area contributed by atoms with Gasteiger partial charge in [-0.15, -0.1) is 0 Å². The Bertz CT molecular complexity index is 710. The second-order valence-electron chi connectivity index (χ2n) is 8.90. The normalized spacial score (nSPS) is 26.7. The van der Waals surface area contributed by atoms with Crippen molar-refractivity contribution in [3.05, 3.63) is 35.1 Å². The topological polar surface area (TPSA) is 53.0 Å². The number of rotatable bonds is 4. The molecule has 6 heteroatoms. The summed E-state index contributed by atoms with van der Waals surface area (Å²) in [7, 11) is 0. The van der Waals surface area contributed by atoms with Gasteiger partial charge in [-0.05, 0) is 62.9 Å². The standard InChI is InChI=1S/C22H31FN2O3/c1-16-12-17(2-3-20(16)23)14-25-10-6-22(7-11-25)13-19(28-21(22)27)15-24-8-4-18(26)5-9-24/h2-3,12,18-19,26H,4-11,13-15H2,1H3. The number of carbonyl (C=O) groups excluding carboxylic acids is 1. The Labute approximate surface area is 166 Å². The zero-order valence-electron chi connectivity index (χ0n) is 16.7. The molecule has 3 heterocycles. The van der Waals surface area contributed by atoms with Gasteiger partial charge in [0.05, 0.1) is 11.5 Å². The van der Waals surface area contributed by atoms with E-state index < -0.39 is 0 Å². The van der Waals surface area contributed by atoms with E-state index in [1.54, 1.807) is 6.92 Å². The van der Waals surface area contributed by atoms with Crippen molar-refractivity contribution in [2.75, 3.05) is 32.7 Å². The van der Waals surface area contributed by atoms with Crippen molar-refractivity contribution in [1.29, 1.82) is 0 Å². The van der Waals surface area contributed by atoms with Crippen LogP contribution >= 0.6 is 0 Å². The number of hydrogen-bond acceptors (Lipinski definition) is 5. The molecule has 1 N–H and O–H groups in total. The van der Waals surface area contributed by atoms with Crippen molar-refractivity contribution in [3.8, 4) is 0 Å². The predicted molar refractivity (Wildman–Crippen MR) is 104 cm³/mol. The SMILES string of the molecule is Cc1cc(CN2CCC3(CC2)CC(CN2CCC(O)CC2)OC3=O)ccc1F. The number of hydrogen-bond donors (Lipinski definition) is 1. The minimum atomic E-state index is -0.324. The number of cyclic esters (lactones) is 1. The van der Waals surface area contributed by atoms with E-state index in [4.69, 9.17) is 4.74 Å². The van der Waals surface area contributed by atoms with Crippen LogP contribution in [-0.2, 0) is 16.1 Å². The molecular weight excluding hydrogens is 359 g/mol. The zero-order valence-corrected chi connectivity index (χ0v) is 16.7. The quantitative estimate of drug-likeness (QED) is 0.801. The number of nitrogens with zero attached hydrogens (tertiary/aromatic N) is 2. The summed E-state index contributed by atoms with van der Waals surface area (Å²) in [5.74, 6) is -0.184. The van der Waals surface area contributed by atoms with Gasteiger partial charge in [0, 0.05) is 32.6 Å². The lowest BCUT2D eigenvalue weighted by atomic mass is 9.76. The molecule has 3 saturated heterocycles. The maximum Gasteiger partial charge on any atom is 0.312 e. The van der Waals surface area contributed by atoms with Crippen molar-refractivity contribution in [3.63, 3.8) is 0 Å². The summed E-state index contributed by atoms with van der Waals surface area (Å²) in [6.07, 6.45) is 3.90. The van der Waals surface area contributed by atoms with Gasteiger partial charge in [-0.1, -0.05) is 12.1 Å². The number of aliphatic hydroxyl groups excluding tert-OH is 1. The summed E-state index contributed by atoms with van der Waals surface area (Å²) >= 11 is 0. The Balaban J connectivity index is 1.29. The maximum atomic E-state index is 13.5. The van der Waals surface area contributed by atoms with Gasteiger partial charge in [0.15, 0.2) is 0 Å². The van der Waals surface area contributed by atoms with Crippen LogP contribution in [-0.4, -0.2) is 65.8 Å². The van der Waals surface area contributed by atoms with Crippen molar-refractivity contribution in [2.45, 2.75) is 57.8 Å². The molecule has 3 fully saturated rings. The van der Waals surface area contributed by atoms with Crippen LogP contribution < -0.4 is 0 Å². The van der Waals surface area contributed by atoms with Gasteiger partial charge in [0.1, 0.15) is 11.9 Å². The Kier molecular flexibility index (Phi) is 5.72. The molecule has 3 aliphatic heterocycles. The number of esters is 1. The van der Waals surface area contributed by atoms with Crippen molar-refractivity contribution >= 4 is 5.97 Å². The fraction of sp³-hybridized carbons (Fsp3) is 0.682. The molecule has 4 rings (SSSR count). The smallest absolute Gasteiger partial charge is 0.312 e. The highest BCUT2D eigenvalue weighted by molar-refractivity contribution is 5.79. The van der Waals surface area contributed by atoms with E-state index in [1.165, 1.54) is 6.07 Å². The Hall–Kier alpha value is -1.50. The summed E-state index contributed by atoms with van der Waals surface area (Å²) < 4.78 is 19.2. The van der Waals surface area contributed by atoms with Crippen LogP contribution in [0.5, 0.6) is 0 Å². The fourth-order valence-electron chi connectivity index (χ4n) is 4.94. The third-order valence-corrected chi connectivity index (χ3v) is 6.79. The molecule has 0 radical (unpaired) electrons. The molecule has 0 aromatic heterocycles. The molecule has 0 bridgehead atoms. The summed E-state index contributed by atoms with van der Waals surface area (Å²) in [6.45, 7) is 6.88. The average molecular weight is 390 g/mol. The van der Waals surface area contributed by atoms with Crippen LogP contribution in [0.25, 0.3) is 0 Å². The number of ether oxygens (including phenoxy) is 1. The maximum absolute atomic E-state index is 13.5. The first kappa shape index (κ1) is 19.8. The summed E-state index contributed by atoms with van der Waals surface area (Å²) in [5, 5.41) is 9.65. The number of aryl methyl sites for hydroxylation is 1. The molecule has 0 aliphatic carbocycles. The van der Waals surface area contributed by atoms with E-state index in [-0.39, 0.29) is 29.4 Å². The van der Waals surface area contributed by atoms with Crippen molar-refractivity contribution in [1.82, 2.24) is 9.80 Å². The van der Waals surface area contributed by atoms with Gasteiger partial charge in [0.25, 0.3) is 0 Å². The third kappa shape index (κ3) is 4.24. The Morgan fingerprint density at radius 1 is 1.18 bits per heavy atom. The van der Waals surface area contributed by atoms with E-state index in [2.05, 4.69) is 9.80 Å². The lowest BCUT2D eigenvalue weighted by molar-refractivity contribution is -0.151. The molecule has 0 saturated carbocycles. The van der Waals surface area contributed by atoms with Crippen LogP contribution in [0.1, 0.15) is 43.2 Å². The van der Waals surface area contributed by atoms with Crippen molar-refractivity contribution in [2.24, 2.45) is 5.41 Å². The molecule has 5 nitrogen and oxygen atoms in total. The third-order valence-electron chi connectivity index (χ3n) is 6.79. The number of halogens is 1. The minimum Gasteiger partial charge on any atom is -0.461 e. The van der Waals surface area contributed by atoms with Crippen LogP contribution in [0.3, 0.4) is 0 Å². The van der Waals surface area contributed by atoms with Gasteiger partial charge in [-0.3, -0.25) is 14.6 Å². The fourth-order valence-corrected chi connectivity index (χ4v) is 4.94. The van der Waals surface area contributed by atoms with Gasteiger partial charge in [-0.2, -0.15) is 0 Å². The molecule has 1 aromatic carbocycles. The lowest BCUT2D eigenvalue weighted by Gasteiger charge is -2.36. The monoisotopic (exact) mass is 390 g/mol. The highest BCUT2D eigenvalue weighted by atomic mass is 19.1. The minimum absolute atomic E-state index is 0.0194. The first-order chi connectivity index (χ1) is 13.4. The molecule has 1 spiro atoms. The molecule has 1 aromatic rings. The highest BCUT2D eigenvalue weighted by Crippen LogP contribution is 2.43. The molecule has 1 atom stereocenters. The Morgan fingerprint density at radius 2 is 1.89 bits per heavy atom. The van der Waals surface area contributed by atoms with Gasteiger partial charge < -0.3 is 9.84 Å². The van der Waals surface area contributed by atoms with Crippen LogP contribution in [0.15, 0.2) is 18.2 Å². The van der Waals surface area contributed by atoms with Crippen molar-refractivity contribution < 1.29 is 19.0 Å². The van der Waals surface area contributed by atoms with Gasteiger partial charge >= 0.3 is 5.97 Å². The summed E-state index contributed by atoms with van der Waals surface area (Å²) in [4.78, 5) is 17.3. The van der Waals surface area contributed by atoms with Crippen LogP contribution in [0, 0.1) is 18.2 Å². The lowest BCUT2D eigenvalue weighted by Crippen LogP contribution is -2.42. The molecule has 154 valence electrons. The van der Waals surface area contributed by atoms with E-state index in [1.807, 2.05) is 12.1 Å². The average Bonchev–Trinajstić information content (AvgIpc) is 2.97. The number of benzene rings is 1. The van der Waals surface area contributed by atoms with Crippen LogP contribution in [0.4, 0.5) is 4.39 Å². The first-order valence-corrected chi connectivity index (χ1v) is 10.5. The number of likely N-dealkylation sites (tertiary alicyclic amines) is 2. The van der Waals surface area contributed by atoms with Gasteiger partial charge in [-0.25, -0.2) is 4.39 Å². The van der Waals surface area contributed by atoms with E-state index >= 15 is 0 Å². The largest absolute Gasteiger partial charge is 0.461 e. The first-order valence-electron chi connectivity index (χ1n) is 10.5. The number of piperidine rings is 2. The highest BCUT2D eigenvalue weighted by Gasteiger charge is 2.50. The summed E-state index contributed by atoms with van der Waals surface area (Å²) in [6, 6.07) is 5.30. The molecule has 0 amide bonds. The van der Waals surface area contributed by atoms with Crippen LogP contribution in [0.2, 0.25) is 0 Å². The molecular formula is C22H31FN2O3. The zero-order chi connectivity index (χ0) is 19.7. The van der Waals surface area contributed by atoms with E-state index in [0.29, 0.717) is 5.56 Å². The second-order valence-corrected chi connectivity index (χ2v) is 8.90. The predicted octanol–water partition coefficient (Wildman–Crippen LogP) is 2.49. The van der Waals surface area contributed by atoms with Gasteiger partial charge in [0.2, 0.25) is 0 Å². The summed E-state index contributed by atoms with van der Waals surface area (Å²) in [5.41, 5.74) is 1.47. The molecule has 1 unspecified atom stereocenters. The number of aliphatic hydroxyl groups is 1.